The molecule has 0 fully saturated rings. The molecule has 0 radical (unpaired) electrons. The van der Waals surface area contributed by atoms with Crippen molar-refractivity contribution in [3.8, 4) is 5.75 Å². The Hall–Kier alpha value is -0.360. The molecule has 0 heterocycles. The minimum Gasteiger partial charge on any atom is -0.473 e. The summed E-state index contributed by atoms with van der Waals surface area (Å²) in [7, 11) is 2.91. The predicted octanol–water partition coefficient (Wildman–Crippen LogP) is 1.73. The average molecular weight is 188 g/mol. The Labute approximate surface area is 69.6 Å². The van der Waals surface area contributed by atoms with Crippen molar-refractivity contribution in [2.45, 2.75) is 0 Å². The van der Waals surface area contributed by atoms with Gasteiger partial charge in [0.25, 0.3) is 0 Å². The Kier molecular flexibility index (Phi) is 3.58. The van der Waals surface area contributed by atoms with Crippen molar-refractivity contribution < 1.29 is 4.52 Å². The average Bonchev–Trinajstić information content (AvgIpc) is 2.07. The molecule has 1 aromatic carbocycles. The van der Waals surface area contributed by atoms with Crippen molar-refractivity contribution in [2.24, 2.45) is 5.84 Å². The normalized spacial score (nSPS) is 10.4. The molecule has 5 heteroatoms. The van der Waals surface area contributed by atoms with E-state index in [0.717, 1.165) is 11.4 Å². The number of hydrogen-bond acceptors (Lipinski definition) is 3. The molecule has 0 spiro atoms. The fourth-order valence-corrected chi connectivity index (χ4v) is 1.37. The van der Waals surface area contributed by atoms with Crippen LogP contribution in [0.2, 0.25) is 0 Å². The van der Waals surface area contributed by atoms with Gasteiger partial charge in [-0.1, -0.05) is 8.93 Å². The van der Waals surface area contributed by atoms with Crippen molar-refractivity contribution in [2.75, 3.05) is 5.43 Å². The molecule has 0 aromatic heterocycles. The van der Waals surface area contributed by atoms with E-state index in [1.165, 1.54) is 0 Å². The second kappa shape index (κ2) is 4.50. The van der Waals surface area contributed by atoms with Crippen molar-refractivity contribution in [1.82, 2.24) is 0 Å². The largest absolute Gasteiger partial charge is 0.473 e. The number of nitrogens with two attached hydrogens (primary N) is 1. The van der Waals surface area contributed by atoms with Gasteiger partial charge in [0.15, 0.2) is 0 Å². The fraction of sp³-hybridized carbons (Fsp3) is 0. The summed E-state index contributed by atoms with van der Waals surface area (Å²) in [5, 5.41) is 0. The smallest absolute Gasteiger partial charge is 0.123 e. The van der Waals surface area contributed by atoms with Crippen molar-refractivity contribution in [3.05, 3.63) is 24.3 Å². The Morgan fingerprint density at radius 3 is 2.45 bits per heavy atom. The molecule has 1 aromatic rings. The molecule has 0 amide bonds. The van der Waals surface area contributed by atoms with Gasteiger partial charge in [-0.2, -0.15) is 0 Å². The zero-order valence-electron chi connectivity index (χ0n) is 5.87. The Morgan fingerprint density at radius 2 is 2.00 bits per heavy atom. The SMILES string of the molecule is NNc1ccc(OPP)cc1. The quantitative estimate of drug-likeness (QED) is 0.431. The third kappa shape index (κ3) is 2.63. The van der Waals surface area contributed by atoms with Crippen LogP contribution >= 0.6 is 17.4 Å². The van der Waals surface area contributed by atoms with Crippen molar-refractivity contribution in [1.29, 1.82) is 0 Å². The van der Waals surface area contributed by atoms with Gasteiger partial charge in [0, 0.05) is 5.69 Å². The summed E-state index contributed by atoms with van der Waals surface area (Å²) < 4.78 is 5.23. The number of nitrogens with one attached hydrogen (secondary N) is 1. The lowest BCUT2D eigenvalue weighted by atomic mass is 10.3. The third-order valence-corrected chi connectivity index (χ3v) is 1.90. The van der Waals surface area contributed by atoms with E-state index in [-0.39, 0.29) is 0 Å². The summed E-state index contributed by atoms with van der Waals surface area (Å²) in [5.41, 5.74) is 3.42. The zero-order valence-corrected chi connectivity index (χ0v) is 8.03. The van der Waals surface area contributed by atoms with Crippen molar-refractivity contribution in [3.63, 3.8) is 0 Å². The monoisotopic (exact) mass is 188 g/mol. The third-order valence-electron chi connectivity index (χ3n) is 1.20. The summed E-state index contributed by atoms with van der Waals surface area (Å²) in [6.07, 6.45) is 0. The van der Waals surface area contributed by atoms with E-state index in [2.05, 4.69) is 14.4 Å². The molecule has 11 heavy (non-hydrogen) atoms. The maximum absolute atomic E-state index is 5.23. The minimum absolute atomic E-state index is 0.398. The molecule has 3 nitrogen and oxygen atoms in total. The number of anilines is 1. The van der Waals surface area contributed by atoms with E-state index in [1.807, 2.05) is 24.3 Å². The van der Waals surface area contributed by atoms with Crippen LogP contribution in [0.1, 0.15) is 0 Å². The van der Waals surface area contributed by atoms with Crippen LogP contribution in [0.5, 0.6) is 5.75 Å². The topological polar surface area (TPSA) is 47.3 Å². The molecule has 0 saturated heterocycles. The lowest BCUT2D eigenvalue weighted by Crippen LogP contribution is -2.05. The first-order valence-electron chi connectivity index (χ1n) is 3.06. The first kappa shape index (κ1) is 8.73. The molecule has 3 N–H and O–H groups in total. The van der Waals surface area contributed by atoms with Crippen LogP contribution in [0.4, 0.5) is 5.69 Å². The van der Waals surface area contributed by atoms with E-state index >= 15 is 0 Å². The molecule has 2 unspecified atom stereocenters. The summed E-state index contributed by atoms with van der Waals surface area (Å²) in [5.74, 6) is 6.04. The number of benzene rings is 1. The molecule has 60 valence electrons. The van der Waals surface area contributed by atoms with Gasteiger partial charge >= 0.3 is 0 Å². The van der Waals surface area contributed by atoms with E-state index in [1.54, 1.807) is 0 Å². The summed E-state index contributed by atoms with van der Waals surface area (Å²) in [6.45, 7) is 0. The number of hydrazine groups is 1. The van der Waals surface area contributed by atoms with E-state index in [4.69, 9.17) is 10.4 Å². The fourth-order valence-electron chi connectivity index (χ4n) is 0.687. The highest BCUT2D eigenvalue weighted by Crippen LogP contribution is 2.26. The van der Waals surface area contributed by atoms with Gasteiger partial charge in [0.2, 0.25) is 0 Å². The molecule has 0 aliphatic carbocycles. The van der Waals surface area contributed by atoms with Crippen LogP contribution in [-0.2, 0) is 0 Å². The lowest BCUT2D eigenvalue weighted by molar-refractivity contribution is 0.643. The van der Waals surface area contributed by atoms with Gasteiger partial charge in [-0.25, -0.2) is 0 Å². The summed E-state index contributed by atoms with van der Waals surface area (Å²) >= 11 is 0. The van der Waals surface area contributed by atoms with E-state index in [9.17, 15) is 0 Å². The number of rotatable bonds is 3. The maximum atomic E-state index is 5.23. The lowest BCUT2D eigenvalue weighted by Gasteiger charge is -2.02. The molecule has 0 saturated carbocycles. The highest BCUT2D eigenvalue weighted by atomic mass is 32.0. The molecule has 1 rings (SSSR count). The van der Waals surface area contributed by atoms with E-state index in [0.29, 0.717) is 8.50 Å². The highest BCUT2D eigenvalue weighted by molar-refractivity contribution is 8.00. The first-order valence-corrected chi connectivity index (χ1v) is 5.77. The van der Waals surface area contributed by atoms with Gasteiger partial charge in [-0.3, -0.25) is 5.84 Å². The van der Waals surface area contributed by atoms with Crippen molar-refractivity contribution >= 4 is 23.1 Å². The van der Waals surface area contributed by atoms with Crippen LogP contribution in [0.25, 0.3) is 0 Å². The second-order valence-corrected chi connectivity index (χ2v) is 3.04. The standard InChI is InChI=1S/C6H10N2OP2/c7-8-5-1-3-6(4-2-5)9-11-10/h1-4,8,11H,7,10H2. The zero-order chi connectivity index (χ0) is 8.10. The molecule has 0 aliphatic heterocycles. The molecule has 0 bridgehead atoms. The van der Waals surface area contributed by atoms with E-state index < -0.39 is 0 Å². The van der Waals surface area contributed by atoms with Gasteiger partial charge < -0.3 is 9.95 Å². The predicted molar refractivity (Wildman–Crippen MR) is 52.9 cm³/mol. The molecular weight excluding hydrogens is 178 g/mol. The van der Waals surface area contributed by atoms with Crippen LogP contribution in [0.15, 0.2) is 24.3 Å². The Balaban J connectivity index is 2.66. The molecular formula is C6H10N2OP2. The Morgan fingerprint density at radius 1 is 1.36 bits per heavy atom. The highest BCUT2D eigenvalue weighted by Gasteiger charge is 1.90. The van der Waals surface area contributed by atoms with Gasteiger partial charge in [0.1, 0.15) is 5.75 Å². The molecule has 2 atom stereocenters. The maximum Gasteiger partial charge on any atom is 0.123 e. The summed E-state index contributed by atoms with van der Waals surface area (Å²) in [4.78, 5) is 0. The van der Waals surface area contributed by atoms with Gasteiger partial charge in [-0.15, -0.1) is 0 Å². The van der Waals surface area contributed by atoms with Crippen LogP contribution in [-0.4, -0.2) is 0 Å². The minimum atomic E-state index is 0.398. The number of nitrogen functional groups attached to an aromatic ring is 1. The number of hydrogen-bond donors (Lipinski definition) is 2. The van der Waals surface area contributed by atoms with Crippen LogP contribution < -0.4 is 15.8 Å². The van der Waals surface area contributed by atoms with Gasteiger partial charge in [0.05, 0.1) is 8.50 Å². The second-order valence-electron chi connectivity index (χ2n) is 1.89. The first-order chi connectivity index (χ1) is 5.36. The molecule has 0 aliphatic rings. The Bertz CT molecular complexity index is 214. The van der Waals surface area contributed by atoms with Gasteiger partial charge in [-0.05, 0) is 24.3 Å². The van der Waals surface area contributed by atoms with Crippen LogP contribution in [0.3, 0.4) is 0 Å². The van der Waals surface area contributed by atoms with Crippen LogP contribution in [0, 0.1) is 0 Å². The summed E-state index contributed by atoms with van der Waals surface area (Å²) in [6, 6.07) is 7.46.